The van der Waals surface area contributed by atoms with Gasteiger partial charge in [0.1, 0.15) is 11.5 Å². The van der Waals surface area contributed by atoms with Crippen LogP contribution < -0.4 is 26.8 Å². The molecule has 0 aliphatic heterocycles. The van der Waals surface area contributed by atoms with E-state index >= 15 is 0 Å². The van der Waals surface area contributed by atoms with Gasteiger partial charge in [0.2, 0.25) is 11.6 Å². The van der Waals surface area contributed by atoms with Crippen molar-refractivity contribution in [3.63, 3.8) is 0 Å². The van der Waals surface area contributed by atoms with Crippen molar-refractivity contribution < 1.29 is 24.2 Å². The number of benzene rings is 3. The minimum absolute atomic E-state index is 0.0614. The Balaban J connectivity index is 1.87. The van der Waals surface area contributed by atoms with Crippen LogP contribution in [0.2, 0.25) is 10.0 Å². The lowest BCUT2D eigenvalue weighted by Gasteiger charge is -2.39. The third-order valence-electron chi connectivity index (χ3n) is 5.90. The molecule has 11 nitrogen and oxygen atoms in total. The van der Waals surface area contributed by atoms with Crippen molar-refractivity contribution in [1.82, 2.24) is 10.2 Å². The molecule has 41 heavy (non-hydrogen) atoms. The van der Waals surface area contributed by atoms with Gasteiger partial charge in [-0.25, -0.2) is 14.5 Å². The lowest BCUT2D eigenvalue weighted by Crippen LogP contribution is -2.67. The maximum atomic E-state index is 13.5. The van der Waals surface area contributed by atoms with Crippen molar-refractivity contribution in [2.75, 3.05) is 11.9 Å². The summed E-state index contributed by atoms with van der Waals surface area (Å²) in [4.78, 5) is 43.7. The van der Waals surface area contributed by atoms with Crippen molar-refractivity contribution in [3.05, 3.63) is 88.4 Å². The second-order valence-electron chi connectivity index (χ2n) is 8.90. The van der Waals surface area contributed by atoms with Gasteiger partial charge < -0.3 is 26.6 Å². The standard InChI is InChI=1S/C28H30Cl2N6O5/c1-18(37)36(27(40)35-20-9-11-22(12-10-20)41-21-6-3-2-4-7-21)28(25(38)39,14-5-15-33-26(31)32)34-17-19-8-13-23(29)24(30)16-19/h2-4,6-13,16,34H,5,14-15,17H2,1H3,(H,35,40)(H,38,39)(H4,31,32,33)/t28-/m0/s1. The summed E-state index contributed by atoms with van der Waals surface area (Å²) in [6, 6.07) is 19.3. The minimum atomic E-state index is -2.17. The SMILES string of the molecule is CC(=O)N(C(=O)Nc1ccc(Oc2ccccc2)cc1)[C@](CCCN=C(N)N)(NCc1ccc(Cl)c(Cl)c1)C(=O)O. The van der Waals surface area contributed by atoms with E-state index in [0.717, 1.165) is 6.92 Å². The van der Waals surface area contributed by atoms with Gasteiger partial charge in [0.05, 0.1) is 10.0 Å². The number of hydrogen-bond donors (Lipinski definition) is 5. The topological polar surface area (TPSA) is 172 Å². The van der Waals surface area contributed by atoms with E-state index in [1.807, 2.05) is 18.2 Å². The number of carboxylic acids is 1. The summed E-state index contributed by atoms with van der Waals surface area (Å²) in [5.74, 6) is -1.29. The van der Waals surface area contributed by atoms with Crippen LogP contribution in [0.25, 0.3) is 0 Å². The highest BCUT2D eigenvalue weighted by Gasteiger charge is 2.48. The first-order valence-electron chi connectivity index (χ1n) is 12.4. The molecule has 3 aromatic rings. The molecule has 0 spiro atoms. The molecule has 0 heterocycles. The minimum Gasteiger partial charge on any atom is -0.478 e. The summed E-state index contributed by atoms with van der Waals surface area (Å²) in [5.41, 5.74) is 9.51. The molecule has 0 aromatic heterocycles. The third-order valence-corrected chi connectivity index (χ3v) is 6.64. The van der Waals surface area contributed by atoms with Crippen LogP contribution in [-0.2, 0) is 16.1 Å². The number of aliphatic carboxylic acids is 1. The van der Waals surface area contributed by atoms with Gasteiger partial charge in [0.25, 0.3) is 0 Å². The van der Waals surface area contributed by atoms with Crippen molar-refractivity contribution in [2.45, 2.75) is 32.0 Å². The summed E-state index contributed by atoms with van der Waals surface area (Å²) in [7, 11) is 0. The van der Waals surface area contributed by atoms with Crippen molar-refractivity contribution in [2.24, 2.45) is 16.5 Å². The summed E-state index contributed by atoms with van der Waals surface area (Å²) in [6.45, 7) is 1.11. The quantitative estimate of drug-likeness (QED) is 0.0853. The van der Waals surface area contributed by atoms with E-state index in [1.165, 1.54) is 0 Å². The number of amides is 3. The number of carboxylic acid groups (broad SMARTS) is 1. The van der Waals surface area contributed by atoms with Crippen LogP contribution in [0, 0.1) is 0 Å². The van der Waals surface area contributed by atoms with Gasteiger partial charge in [-0.3, -0.25) is 15.1 Å². The Morgan fingerprint density at radius 3 is 2.22 bits per heavy atom. The number of carbonyl (C=O) groups is 3. The molecule has 13 heteroatoms. The number of aliphatic imine (C=N–C) groups is 1. The molecule has 0 bridgehead atoms. The summed E-state index contributed by atoms with van der Waals surface area (Å²) in [5, 5.41) is 16.5. The Morgan fingerprint density at radius 1 is 0.976 bits per heavy atom. The number of urea groups is 1. The number of ether oxygens (including phenoxy) is 1. The molecule has 7 N–H and O–H groups in total. The van der Waals surface area contributed by atoms with Gasteiger partial charge in [-0.05, 0) is 66.9 Å². The van der Waals surface area contributed by atoms with Gasteiger partial charge in [0.15, 0.2) is 5.96 Å². The molecule has 0 radical (unpaired) electrons. The van der Waals surface area contributed by atoms with Crippen molar-refractivity contribution >= 4 is 52.8 Å². The highest BCUT2D eigenvalue weighted by Crippen LogP contribution is 2.27. The number of anilines is 1. The van der Waals surface area contributed by atoms with Crippen LogP contribution in [0.4, 0.5) is 10.5 Å². The van der Waals surface area contributed by atoms with E-state index in [9.17, 15) is 19.5 Å². The zero-order valence-electron chi connectivity index (χ0n) is 22.1. The number of imide groups is 1. The molecule has 1 atom stereocenters. The second kappa shape index (κ2) is 14.4. The van der Waals surface area contributed by atoms with Crippen LogP contribution in [-0.4, -0.2) is 46.1 Å². The maximum Gasteiger partial charge on any atom is 0.345 e. The Kier molecular flexibility index (Phi) is 10.9. The van der Waals surface area contributed by atoms with E-state index in [4.69, 9.17) is 39.4 Å². The molecule has 0 saturated carbocycles. The molecule has 0 aliphatic carbocycles. The fraction of sp³-hybridized carbons (Fsp3) is 0.214. The third kappa shape index (κ3) is 8.58. The number of nitrogens with zero attached hydrogens (tertiary/aromatic N) is 2. The van der Waals surface area contributed by atoms with Gasteiger partial charge in [-0.1, -0.05) is 47.5 Å². The van der Waals surface area contributed by atoms with Gasteiger partial charge in [-0.15, -0.1) is 0 Å². The van der Waals surface area contributed by atoms with E-state index in [0.29, 0.717) is 32.7 Å². The molecule has 3 aromatic carbocycles. The van der Waals surface area contributed by atoms with Gasteiger partial charge in [-0.2, -0.15) is 0 Å². The average molecular weight is 601 g/mol. The Labute approximate surface area is 247 Å². The monoisotopic (exact) mass is 600 g/mol. The molecule has 3 rings (SSSR count). The molecule has 3 amide bonds. The fourth-order valence-electron chi connectivity index (χ4n) is 3.99. The van der Waals surface area contributed by atoms with Crippen LogP contribution in [0.15, 0.2) is 77.8 Å². The first-order valence-corrected chi connectivity index (χ1v) is 13.2. The first-order chi connectivity index (χ1) is 19.5. The number of hydrogen-bond acceptors (Lipinski definition) is 6. The zero-order valence-corrected chi connectivity index (χ0v) is 23.7. The van der Waals surface area contributed by atoms with Crippen LogP contribution in [0.1, 0.15) is 25.3 Å². The van der Waals surface area contributed by atoms with Crippen LogP contribution >= 0.6 is 23.2 Å². The number of para-hydroxylation sites is 1. The Bertz CT molecular complexity index is 1400. The molecular weight excluding hydrogens is 571 g/mol. The summed E-state index contributed by atoms with van der Waals surface area (Å²) in [6.07, 6.45) is -0.0849. The molecule has 0 saturated heterocycles. The number of nitrogens with one attached hydrogen (secondary N) is 2. The highest BCUT2D eigenvalue weighted by molar-refractivity contribution is 6.42. The molecule has 0 unspecified atom stereocenters. The fourth-order valence-corrected chi connectivity index (χ4v) is 4.31. The highest BCUT2D eigenvalue weighted by atomic mass is 35.5. The van der Waals surface area contributed by atoms with Crippen LogP contribution in [0.5, 0.6) is 11.5 Å². The number of nitrogens with two attached hydrogens (primary N) is 2. The summed E-state index contributed by atoms with van der Waals surface area (Å²) >= 11 is 12.1. The van der Waals surface area contributed by atoms with Crippen LogP contribution in [0.3, 0.4) is 0 Å². The maximum absolute atomic E-state index is 13.5. The number of rotatable bonds is 12. The molecular formula is C28H30Cl2N6O5. The first kappa shape index (κ1) is 31.2. The predicted octanol–water partition coefficient (Wildman–Crippen LogP) is 4.79. The van der Waals surface area contributed by atoms with Gasteiger partial charge >= 0.3 is 12.0 Å². The van der Waals surface area contributed by atoms with Gasteiger partial charge in [0, 0.05) is 25.7 Å². The number of halogens is 2. The average Bonchev–Trinajstić information content (AvgIpc) is 2.92. The number of guanidine groups is 1. The number of carbonyl (C=O) groups excluding carboxylic acids is 2. The van der Waals surface area contributed by atoms with E-state index in [2.05, 4.69) is 15.6 Å². The molecule has 216 valence electrons. The Hall–Kier alpha value is -4.32. The van der Waals surface area contributed by atoms with E-state index in [1.54, 1.807) is 54.6 Å². The molecule has 0 fully saturated rings. The normalized spacial score (nSPS) is 12.1. The summed E-state index contributed by atoms with van der Waals surface area (Å²) < 4.78 is 5.76. The lowest BCUT2D eigenvalue weighted by atomic mass is 10.00. The molecule has 0 aliphatic rings. The predicted molar refractivity (Wildman–Crippen MR) is 158 cm³/mol. The zero-order chi connectivity index (χ0) is 30.0. The van der Waals surface area contributed by atoms with Crippen molar-refractivity contribution in [3.8, 4) is 11.5 Å². The smallest absolute Gasteiger partial charge is 0.345 e. The van der Waals surface area contributed by atoms with E-state index < -0.39 is 23.6 Å². The van der Waals surface area contributed by atoms with Crippen molar-refractivity contribution in [1.29, 1.82) is 0 Å². The lowest BCUT2D eigenvalue weighted by molar-refractivity contribution is -0.158. The van der Waals surface area contributed by atoms with E-state index in [-0.39, 0.29) is 36.9 Å². The largest absolute Gasteiger partial charge is 0.478 e. The Morgan fingerprint density at radius 2 is 1.63 bits per heavy atom. The second-order valence-corrected chi connectivity index (χ2v) is 9.72.